The van der Waals surface area contributed by atoms with Gasteiger partial charge in [0.05, 0.1) is 11.4 Å². The van der Waals surface area contributed by atoms with E-state index in [2.05, 4.69) is 25.6 Å². The van der Waals surface area contributed by atoms with E-state index in [-0.39, 0.29) is 0 Å². The van der Waals surface area contributed by atoms with Crippen molar-refractivity contribution in [2.24, 2.45) is 0 Å². The van der Waals surface area contributed by atoms with Gasteiger partial charge in [0.15, 0.2) is 5.65 Å². The molecule has 3 aromatic rings. The summed E-state index contributed by atoms with van der Waals surface area (Å²) in [7, 11) is 0. The van der Waals surface area contributed by atoms with Gasteiger partial charge in [-0.25, -0.2) is 9.50 Å². The lowest BCUT2D eigenvalue weighted by Gasteiger charge is -2.04. The van der Waals surface area contributed by atoms with E-state index >= 15 is 0 Å². The highest BCUT2D eigenvalue weighted by atomic mass is 15.2. The van der Waals surface area contributed by atoms with E-state index in [9.17, 15) is 0 Å². The highest BCUT2D eigenvalue weighted by molar-refractivity contribution is 5.38. The van der Waals surface area contributed by atoms with Crippen LogP contribution in [0.4, 0.5) is 0 Å². The molecule has 6 nitrogen and oxygen atoms in total. The summed E-state index contributed by atoms with van der Waals surface area (Å²) in [5.74, 6) is 0. The number of aromatic nitrogens is 5. The van der Waals surface area contributed by atoms with Crippen molar-refractivity contribution in [1.82, 2.24) is 30.1 Å². The Bertz CT molecular complexity index is 676. The zero-order chi connectivity index (χ0) is 13.1. The molecule has 0 saturated heterocycles. The third-order valence-corrected chi connectivity index (χ3v) is 2.75. The molecule has 0 saturated carbocycles. The Balaban J connectivity index is 1.65. The summed E-state index contributed by atoms with van der Waals surface area (Å²) in [5, 5.41) is 15.5. The molecule has 0 aliphatic carbocycles. The minimum absolute atomic E-state index is 0.685. The number of aryl methyl sites for hydroxylation is 1. The van der Waals surface area contributed by atoms with Crippen LogP contribution in [0.25, 0.3) is 5.65 Å². The first-order valence-corrected chi connectivity index (χ1v) is 6.09. The number of rotatable bonds is 4. The molecule has 6 heteroatoms. The van der Waals surface area contributed by atoms with Gasteiger partial charge in [-0.2, -0.15) is 15.3 Å². The van der Waals surface area contributed by atoms with Gasteiger partial charge in [0.1, 0.15) is 0 Å². The summed E-state index contributed by atoms with van der Waals surface area (Å²) < 4.78 is 1.80. The van der Waals surface area contributed by atoms with Crippen LogP contribution in [0.3, 0.4) is 0 Å². The number of hydrogen-bond donors (Lipinski definition) is 1. The second-order valence-electron chi connectivity index (χ2n) is 4.37. The van der Waals surface area contributed by atoms with E-state index in [4.69, 9.17) is 0 Å². The second-order valence-corrected chi connectivity index (χ2v) is 4.37. The SMILES string of the molecule is Cc1cc2ncc(CNCc3cccnn3)cn2n1. The first-order valence-electron chi connectivity index (χ1n) is 6.09. The van der Waals surface area contributed by atoms with E-state index in [1.807, 2.05) is 37.5 Å². The second kappa shape index (κ2) is 5.11. The maximum absolute atomic E-state index is 4.36. The topological polar surface area (TPSA) is 68.0 Å². The average Bonchev–Trinajstić information content (AvgIpc) is 2.79. The zero-order valence-corrected chi connectivity index (χ0v) is 10.6. The van der Waals surface area contributed by atoms with Crippen LogP contribution in [0, 0.1) is 6.92 Å². The third kappa shape index (κ3) is 2.74. The maximum atomic E-state index is 4.36. The first kappa shape index (κ1) is 11.7. The summed E-state index contributed by atoms with van der Waals surface area (Å²) in [6.45, 7) is 3.36. The van der Waals surface area contributed by atoms with Crippen LogP contribution >= 0.6 is 0 Å². The molecule has 96 valence electrons. The molecule has 0 aromatic carbocycles. The number of nitrogens with one attached hydrogen (secondary N) is 1. The Labute approximate surface area is 110 Å². The molecule has 0 spiro atoms. The Kier molecular flexibility index (Phi) is 3.16. The lowest BCUT2D eigenvalue weighted by molar-refractivity contribution is 0.664. The summed E-state index contributed by atoms with van der Waals surface area (Å²) in [6.07, 6.45) is 5.51. The van der Waals surface area contributed by atoms with Crippen LogP contribution in [0.15, 0.2) is 36.8 Å². The predicted molar refractivity (Wildman–Crippen MR) is 70.3 cm³/mol. The fraction of sp³-hybridized carbons (Fsp3) is 0.231. The molecule has 0 fully saturated rings. The van der Waals surface area contributed by atoms with E-state index in [0.29, 0.717) is 6.54 Å². The highest BCUT2D eigenvalue weighted by Gasteiger charge is 2.01. The van der Waals surface area contributed by atoms with Crippen LogP contribution in [0.2, 0.25) is 0 Å². The van der Waals surface area contributed by atoms with Gasteiger partial charge in [-0.05, 0) is 19.1 Å². The molecule has 3 heterocycles. The average molecular weight is 254 g/mol. The van der Waals surface area contributed by atoms with Crippen molar-refractivity contribution in [2.75, 3.05) is 0 Å². The number of hydrogen-bond acceptors (Lipinski definition) is 5. The number of fused-ring (bicyclic) bond motifs is 1. The molecule has 1 N–H and O–H groups in total. The van der Waals surface area contributed by atoms with E-state index in [1.54, 1.807) is 10.7 Å². The quantitative estimate of drug-likeness (QED) is 0.755. The van der Waals surface area contributed by atoms with Crippen LogP contribution in [-0.2, 0) is 13.1 Å². The lowest BCUT2D eigenvalue weighted by Crippen LogP contribution is -2.14. The standard InChI is InChI=1S/C13H14N6/c1-10-5-13-15-7-11(9-19(13)18-10)6-14-8-12-3-2-4-16-17-12/h2-5,7,9,14H,6,8H2,1H3. The van der Waals surface area contributed by atoms with Crippen molar-refractivity contribution in [3.05, 3.63) is 53.7 Å². The third-order valence-electron chi connectivity index (χ3n) is 2.75. The molecule has 0 atom stereocenters. The molecular formula is C13H14N6. The Morgan fingerprint density at radius 2 is 2.26 bits per heavy atom. The summed E-state index contributed by atoms with van der Waals surface area (Å²) in [6, 6.07) is 5.78. The number of nitrogens with zero attached hydrogens (tertiary/aromatic N) is 5. The molecule has 3 rings (SSSR count). The van der Waals surface area contributed by atoms with Gasteiger partial charge in [-0.3, -0.25) is 0 Å². The van der Waals surface area contributed by atoms with Crippen LogP contribution in [0.5, 0.6) is 0 Å². The van der Waals surface area contributed by atoms with Crippen LogP contribution in [0.1, 0.15) is 17.0 Å². The van der Waals surface area contributed by atoms with Gasteiger partial charge < -0.3 is 5.32 Å². The van der Waals surface area contributed by atoms with Crippen LogP contribution < -0.4 is 5.32 Å². The molecule has 19 heavy (non-hydrogen) atoms. The van der Waals surface area contributed by atoms with E-state index in [0.717, 1.165) is 29.1 Å². The van der Waals surface area contributed by atoms with Crippen molar-refractivity contribution in [1.29, 1.82) is 0 Å². The molecule has 0 aliphatic heterocycles. The molecule has 0 aliphatic rings. The Morgan fingerprint density at radius 3 is 3.11 bits per heavy atom. The summed E-state index contributed by atoms with van der Waals surface area (Å²) in [5.41, 5.74) is 3.85. The Morgan fingerprint density at radius 1 is 1.32 bits per heavy atom. The fourth-order valence-electron chi connectivity index (χ4n) is 1.89. The van der Waals surface area contributed by atoms with Crippen molar-refractivity contribution in [3.63, 3.8) is 0 Å². The fourth-order valence-corrected chi connectivity index (χ4v) is 1.89. The predicted octanol–water partition coefficient (Wildman–Crippen LogP) is 1.12. The van der Waals surface area contributed by atoms with Gasteiger partial charge in [-0.15, -0.1) is 0 Å². The van der Waals surface area contributed by atoms with Gasteiger partial charge in [0, 0.05) is 43.3 Å². The van der Waals surface area contributed by atoms with Gasteiger partial charge in [0.25, 0.3) is 0 Å². The lowest BCUT2D eigenvalue weighted by atomic mass is 10.3. The smallest absolute Gasteiger partial charge is 0.155 e. The molecule has 0 bridgehead atoms. The van der Waals surface area contributed by atoms with Gasteiger partial charge in [-0.1, -0.05) is 0 Å². The first-order chi connectivity index (χ1) is 9.31. The molecule has 3 aromatic heterocycles. The normalized spacial score (nSPS) is 11.0. The zero-order valence-electron chi connectivity index (χ0n) is 10.6. The van der Waals surface area contributed by atoms with E-state index in [1.165, 1.54) is 0 Å². The van der Waals surface area contributed by atoms with Crippen molar-refractivity contribution in [3.8, 4) is 0 Å². The van der Waals surface area contributed by atoms with Gasteiger partial charge >= 0.3 is 0 Å². The van der Waals surface area contributed by atoms with Crippen molar-refractivity contribution in [2.45, 2.75) is 20.0 Å². The van der Waals surface area contributed by atoms with Gasteiger partial charge in [0.2, 0.25) is 0 Å². The summed E-state index contributed by atoms with van der Waals surface area (Å²) >= 11 is 0. The van der Waals surface area contributed by atoms with E-state index < -0.39 is 0 Å². The minimum atomic E-state index is 0.685. The molecule has 0 radical (unpaired) electrons. The molecule has 0 unspecified atom stereocenters. The maximum Gasteiger partial charge on any atom is 0.155 e. The largest absolute Gasteiger partial charge is 0.307 e. The monoisotopic (exact) mass is 254 g/mol. The van der Waals surface area contributed by atoms with Crippen LogP contribution in [-0.4, -0.2) is 24.8 Å². The van der Waals surface area contributed by atoms with Crippen molar-refractivity contribution < 1.29 is 0 Å². The molecule has 0 amide bonds. The Hall–Kier alpha value is -2.34. The highest BCUT2D eigenvalue weighted by Crippen LogP contribution is 2.04. The summed E-state index contributed by atoms with van der Waals surface area (Å²) in [4.78, 5) is 4.36. The minimum Gasteiger partial charge on any atom is -0.307 e. The van der Waals surface area contributed by atoms with Crippen molar-refractivity contribution >= 4 is 5.65 Å². The molecular weight excluding hydrogens is 240 g/mol.